The van der Waals surface area contributed by atoms with E-state index in [2.05, 4.69) is 19.9 Å². The molecule has 0 amide bonds. The molecule has 2 aromatic carbocycles. The maximum Gasteiger partial charge on any atom is 0.231 e. The SMILES string of the molecule is CC1(C)CCc2cc3c(cc2O1)OC[C@H]1c2cc4c(cc2O[C@@H]31)OCO4. The summed E-state index contributed by atoms with van der Waals surface area (Å²) in [5.74, 6) is 4.40. The summed E-state index contributed by atoms with van der Waals surface area (Å²) in [7, 11) is 0. The van der Waals surface area contributed by atoms with E-state index < -0.39 is 0 Å². The van der Waals surface area contributed by atoms with Gasteiger partial charge in [0, 0.05) is 23.3 Å². The van der Waals surface area contributed by atoms with Gasteiger partial charge in [-0.2, -0.15) is 0 Å². The van der Waals surface area contributed by atoms with Gasteiger partial charge in [-0.15, -0.1) is 0 Å². The van der Waals surface area contributed by atoms with Crippen molar-refractivity contribution in [3.63, 3.8) is 0 Å². The fraction of sp³-hybridized carbons (Fsp3) is 0.429. The largest absolute Gasteiger partial charge is 0.492 e. The molecule has 0 radical (unpaired) electrons. The highest BCUT2D eigenvalue weighted by atomic mass is 16.7. The summed E-state index contributed by atoms with van der Waals surface area (Å²) in [6.07, 6.45) is 1.99. The second-order valence-electron chi connectivity index (χ2n) is 8.06. The Kier molecular flexibility index (Phi) is 2.68. The molecule has 0 saturated heterocycles. The van der Waals surface area contributed by atoms with Gasteiger partial charge in [0.25, 0.3) is 0 Å². The standard InChI is InChI=1S/C21H20O5/c1-21(2)4-3-11-5-13-16(7-15(11)26-21)22-9-14-12-6-18-19(24-10-23-18)8-17(12)25-20(13)14/h5-8,14,20H,3-4,9-10H2,1-2H3/t14-,20-/m0/s1. The molecule has 0 aromatic heterocycles. The van der Waals surface area contributed by atoms with Gasteiger partial charge in [0.05, 0.1) is 12.5 Å². The summed E-state index contributed by atoms with van der Waals surface area (Å²) in [4.78, 5) is 0. The zero-order valence-electron chi connectivity index (χ0n) is 14.8. The minimum absolute atomic E-state index is 0.0310. The predicted octanol–water partition coefficient (Wildman–Crippen LogP) is 4.13. The molecule has 0 aliphatic carbocycles. The summed E-state index contributed by atoms with van der Waals surface area (Å²) in [5.41, 5.74) is 3.36. The summed E-state index contributed by atoms with van der Waals surface area (Å²) >= 11 is 0. The van der Waals surface area contributed by atoms with E-state index in [1.54, 1.807) is 0 Å². The molecule has 0 saturated carbocycles. The van der Waals surface area contributed by atoms with E-state index >= 15 is 0 Å². The van der Waals surface area contributed by atoms with Gasteiger partial charge in [0.2, 0.25) is 6.79 Å². The minimum Gasteiger partial charge on any atom is -0.492 e. The molecular weight excluding hydrogens is 332 g/mol. The monoisotopic (exact) mass is 352 g/mol. The van der Waals surface area contributed by atoms with Crippen molar-refractivity contribution in [2.45, 2.75) is 44.3 Å². The Hall–Kier alpha value is -2.56. The van der Waals surface area contributed by atoms with Crippen LogP contribution in [0.15, 0.2) is 24.3 Å². The number of hydrogen-bond donors (Lipinski definition) is 0. The van der Waals surface area contributed by atoms with Gasteiger partial charge in [-0.05, 0) is 44.4 Å². The van der Waals surface area contributed by atoms with Crippen molar-refractivity contribution in [3.8, 4) is 28.7 Å². The maximum absolute atomic E-state index is 6.34. The molecule has 0 fully saturated rings. The predicted molar refractivity (Wildman–Crippen MR) is 93.6 cm³/mol. The van der Waals surface area contributed by atoms with Crippen molar-refractivity contribution < 1.29 is 23.7 Å². The van der Waals surface area contributed by atoms with Crippen LogP contribution < -0.4 is 23.7 Å². The number of rotatable bonds is 0. The second kappa shape index (κ2) is 4.78. The van der Waals surface area contributed by atoms with E-state index in [9.17, 15) is 0 Å². The van der Waals surface area contributed by atoms with Gasteiger partial charge in [-0.3, -0.25) is 0 Å². The van der Waals surface area contributed by atoms with E-state index in [1.165, 1.54) is 5.56 Å². The fourth-order valence-electron chi connectivity index (χ4n) is 4.40. The lowest BCUT2D eigenvalue weighted by molar-refractivity contribution is 0.0826. The second-order valence-corrected chi connectivity index (χ2v) is 8.06. The van der Waals surface area contributed by atoms with Crippen LogP contribution in [0.5, 0.6) is 28.7 Å². The molecule has 5 nitrogen and oxygen atoms in total. The summed E-state index contributed by atoms with van der Waals surface area (Å²) in [6, 6.07) is 8.24. The Morgan fingerprint density at radius 1 is 0.846 bits per heavy atom. The Bertz CT molecular complexity index is 932. The first-order chi connectivity index (χ1) is 12.6. The van der Waals surface area contributed by atoms with Crippen LogP contribution in [-0.4, -0.2) is 19.0 Å². The molecule has 0 bridgehead atoms. The summed E-state index contributed by atoms with van der Waals surface area (Å²) in [6.45, 7) is 5.12. The molecule has 0 N–H and O–H groups in total. The topological polar surface area (TPSA) is 46.2 Å². The first-order valence-corrected chi connectivity index (χ1v) is 9.16. The van der Waals surface area contributed by atoms with Gasteiger partial charge in [0.15, 0.2) is 11.5 Å². The molecule has 26 heavy (non-hydrogen) atoms. The van der Waals surface area contributed by atoms with Crippen LogP contribution >= 0.6 is 0 Å². The number of aryl methyl sites for hydroxylation is 1. The Labute approximate surface area is 151 Å². The lowest BCUT2D eigenvalue weighted by Gasteiger charge is -2.35. The van der Waals surface area contributed by atoms with Crippen molar-refractivity contribution in [3.05, 3.63) is 41.0 Å². The van der Waals surface area contributed by atoms with Crippen molar-refractivity contribution in [2.24, 2.45) is 0 Å². The molecule has 6 rings (SSSR count). The molecule has 4 heterocycles. The normalized spacial score (nSPS) is 25.8. The first-order valence-electron chi connectivity index (χ1n) is 9.16. The minimum atomic E-state index is -0.126. The van der Waals surface area contributed by atoms with Crippen LogP contribution in [0.2, 0.25) is 0 Å². The van der Waals surface area contributed by atoms with E-state index in [-0.39, 0.29) is 24.4 Å². The molecule has 4 aliphatic rings. The molecule has 2 aromatic rings. The quantitative estimate of drug-likeness (QED) is 0.713. The van der Waals surface area contributed by atoms with E-state index in [0.717, 1.165) is 52.7 Å². The van der Waals surface area contributed by atoms with Crippen LogP contribution in [0.4, 0.5) is 0 Å². The molecule has 2 atom stereocenters. The van der Waals surface area contributed by atoms with Crippen LogP contribution in [0.1, 0.15) is 49.0 Å². The Morgan fingerprint density at radius 3 is 2.54 bits per heavy atom. The van der Waals surface area contributed by atoms with E-state index in [1.807, 2.05) is 18.2 Å². The summed E-state index contributed by atoms with van der Waals surface area (Å²) in [5, 5.41) is 0. The highest BCUT2D eigenvalue weighted by molar-refractivity contribution is 5.58. The average molecular weight is 352 g/mol. The number of fused-ring (bicyclic) bond motifs is 7. The summed E-state index contributed by atoms with van der Waals surface area (Å²) < 4.78 is 29.6. The van der Waals surface area contributed by atoms with Crippen molar-refractivity contribution in [1.82, 2.24) is 0 Å². The molecule has 5 heteroatoms. The Morgan fingerprint density at radius 2 is 1.65 bits per heavy atom. The molecule has 0 spiro atoms. The Balaban J connectivity index is 1.41. The van der Waals surface area contributed by atoms with Gasteiger partial charge in [-0.1, -0.05) is 0 Å². The lowest BCUT2D eigenvalue weighted by atomic mass is 9.86. The highest BCUT2D eigenvalue weighted by Gasteiger charge is 2.43. The average Bonchev–Trinajstić information content (AvgIpc) is 3.20. The van der Waals surface area contributed by atoms with Crippen molar-refractivity contribution in [2.75, 3.05) is 13.4 Å². The van der Waals surface area contributed by atoms with Gasteiger partial charge in [0.1, 0.15) is 29.0 Å². The van der Waals surface area contributed by atoms with Crippen LogP contribution in [0.25, 0.3) is 0 Å². The van der Waals surface area contributed by atoms with Crippen LogP contribution in [0, 0.1) is 0 Å². The fourth-order valence-corrected chi connectivity index (χ4v) is 4.40. The zero-order valence-corrected chi connectivity index (χ0v) is 14.8. The molecular formula is C21H20O5. The maximum atomic E-state index is 6.34. The number of ether oxygens (including phenoxy) is 5. The van der Waals surface area contributed by atoms with Crippen molar-refractivity contribution >= 4 is 0 Å². The van der Waals surface area contributed by atoms with Crippen LogP contribution in [-0.2, 0) is 6.42 Å². The molecule has 0 unspecified atom stereocenters. The third-order valence-corrected chi connectivity index (χ3v) is 5.82. The number of hydrogen-bond acceptors (Lipinski definition) is 5. The van der Waals surface area contributed by atoms with Gasteiger partial charge >= 0.3 is 0 Å². The third-order valence-electron chi connectivity index (χ3n) is 5.82. The lowest BCUT2D eigenvalue weighted by Crippen LogP contribution is -2.33. The smallest absolute Gasteiger partial charge is 0.231 e. The molecule has 4 aliphatic heterocycles. The first kappa shape index (κ1) is 14.6. The van der Waals surface area contributed by atoms with E-state index in [0.29, 0.717) is 6.61 Å². The third kappa shape index (κ3) is 1.97. The van der Waals surface area contributed by atoms with Gasteiger partial charge in [-0.25, -0.2) is 0 Å². The number of benzene rings is 2. The highest BCUT2D eigenvalue weighted by Crippen LogP contribution is 2.55. The van der Waals surface area contributed by atoms with Crippen molar-refractivity contribution in [1.29, 1.82) is 0 Å². The molecule has 134 valence electrons. The zero-order chi connectivity index (χ0) is 17.5. The van der Waals surface area contributed by atoms with Gasteiger partial charge < -0.3 is 23.7 Å². The van der Waals surface area contributed by atoms with Crippen LogP contribution in [0.3, 0.4) is 0 Å². The van der Waals surface area contributed by atoms with E-state index in [4.69, 9.17) is 23.7 Å².